The van der Waals surface area contributed by atoms with E-state index in [4.69, 9.17) is 9.15 Å². The molecule has 1 aliphatic rings. The molecule has 0 saturated carbocycles. The second kappa shape index (κ2) is 6.25. The van der Waals surface area contributed by atoms with Gasteiger partial charge in [-0.15, -0.1) is 0 Å². The summed E-state index contributed by atoms with van der Waals surface area (Å²) < 4.78 is 11.4. The normalized spacial score (nSPS) is 22.9. The maximum atomic E-state index is 6.16. The molecule has 2 heterocycles. The molecule has 20 heavy (non-hydrogen) atoms. The minimum Gasteiger partial charge on any atom is -0.472 e. The molecule has 3 rings (SSSR count). The van der Waals surface area contributed by atoms with Crippen molar-refractivity contribution in [2.45, 2.75) is 32.0 Å². The molecule has 1 N–H and O–H groups in total. The second-order valence-corrected chi connectivity index (χ2v) is 5.49. The molecule has 2 aromatic rings. The summed E-state index contributed by atoms with van der Waals surface area (Å²) in [6.07, 6.45) is 4.90. The zero-order chi connectivity index (χ0) is 13.8. The van der Waals surface area contributed by atoms with E-state index in [0.29, 0.717) is 12.5 Å². The fourth-order valence-corrected chi connectivity index (χ4v) is 2.88. The van der Waals surface area contributed by atoms with Gasteiger partial charge >= 0.3 is 0 Å². The molecule has 0 amide bonds. The summed E-state index contributed by atoms with van der Waals surface area (Å²) in [6.45, 7) is 4.73. The molecule has 1 aromatic heterocycles. The van der Waals surface area contributed by atoms with Crippen molar-refractivity contribution in [1.82, 2.24) is 5.32 Å². The summed E-state index contributed by atoms with van der Waals surface area (Å²) in [7, 11) is 0. The van der Waals surface area contributed by atoms with Gasteiger partial charge in [-0.25, -0.2) is 0 Å². The Balaban J connectivity index is 1.65. The third kappa shape index (κ3) is 3.11. The Morgan fingerprint density at radius 1 is 1.35 bits per heavy atom. The number of aryl methyl sites for hydroxylation is 1. The van der Waals surface area contributed by atoms with E-state index >= 15 is 0 Å². The number of ether oxygens (including phenoxy) is 1. The molecule has 106 valence electrons. The Morgan fingerprint density at radius 2 is 2.30 bits per heavy atom. The Bertz CT molecular complexity index is 536. The fraction of sp³-hybridized carbons (Fsp3) is 0.412. The minimum absolute atomic E-state index is 0.210. The minimum atomic E-state index is 0.210. The van der Waals surface area contributed by atoms with E-state index in [9.17, 15) is 0 Å². The van der Waals surface area contributed by atoms with Crippen molar-refractivity contribution in [3.63, 3.8) is 0 Å². The molecule has 0 aliphatic carbocycles. The van der Waals surface area contributed by atoms with Crippen LogP contribution in [0.25, 0.3) is 0 Å². The predicted molar refractivity (Wildman–Crippen MR) is 78.7 cm³/mol. The van der Waals surface area contributed by atoms with Crippen LogP contribution >= 0.6 is 0 Å². The average Bonchev–Trinajstić information content (AvgIpc) is 3.00. The van der Waals surface area contributed by atoms with Crippen molar-refractivity contribution < 1.29 is 9.15 Å². The lowest BCUT2D eigenvalue weighted by atomic mass is 9.89. The Morgan fingerprint density at radius 3 is 3.10 bits per heavy atom. The highest BCUT2D eigenvalue weighted by molar-refractivity contribution is 5.22. The zero-order valence-corrected chi connectivity index (χ0v) is 11.8. The second-order valence-electron chi connectivity index (χ2n) is 5.49. The summed E-state index contributed by atoms with van der Waals surface area (Å²) in [4.78, 5) is 0. The molecule has 3 heteroatoms. The van der Waals surface area contributed by atoms with Crippen LogP contribution in [0.3, 0.4) is 0 Å². The largest absolute Gasteiger partial charge is 0.472 e. The summed E-state index contributed by atoms with van der Waals surface area (Å²) in [5.74, 6) is 0.430. The van der Waals surface area contributed by atoms with Gasteiger partial charge in [0.1, 0.15) is 0 Å². The number of nitrogens with one attached hydrogen (secondary N) is 1. The third-order valence-electron chi connectivity index (χ3n) is 3.94. The lowest BCUT2D eigenvalue weighted by Crippen LogP contribution is -2.40. The highest BCUT2D eigenvalue weighted by Gasteiger charge is 2.27. The first-order valence-electron chi connectivity index (χ1n) is 7.23. The van der Waals surface area contributed by atoms with Crippen LogP contribution in [0.5, 0.6) is 0 Å². The molecule has 1 fully saturated rings. The SMILES string of the molecule is Cc1cccc(COC2CNCCC2c2ccoc2)c1. The van der Waals surface area contributed by atoms with Gasteiger partial charge in [-0.05, 0) is 37.1 Å². The van der Waals surface area contributed by atoms with Gasteiger partial charge < -0.3 is 14.5 Å². The van der Waals surface area contributed by atoms with E-state index in [1.54, 1.807) is 6.26 Å². The first-order valence-corrected chi connectivity index (χ1v) is 7.23. The van der Waals surface area contributed by atoms with Crippen LogP contribution in [-0.2, 0) is 11.3 Å². The average molecular weight is 271 g/mol. The van der Waals surface area contributed by atoms with Crippen LogP contribution in [-0.4, -0.2) is 19.2 Å². The predicted octanol–water partition coefficient (Wildman–Crippen LogP) is 3.25. The Hall–Kier alpha value is -1.58. The van der Waals surface area contributed by atoms with Crippen LogP contribution in [0, 0.1) is 6.92 Å². The molecule has 2 unspecified atom stereocenters. The first-order chi connectivity index (χ1) is 9.83. The summed E-state index contributed by atoms with van der Waals surface area (Å²) in [5.41, 5.74) is 3.77. The van der Waals surface area contributed by atoms with E-state index in [0.717, 1.165) is 19.5 Å². The molecular formula is C17H21NO2. The van der Waals surface area contributed by atoms with Crippen LogP contribution in [0.2, 0.25) is 0 Å². The van der Waals surface area contributed by atoms with E-state index in [1.165, 1.54) is 16.7 Å². The summed E-state index contributed by atoms with van der Waals surface area (Å²) in [5, 5.41) is 3.42. The standard InChI is InChI=1S/C17H21NO2/c1-13-3-2-4-14(9-13)11-20-17-10-18-7-5-16(17)15-6-8-19-12-15/h2-4,6,8-9,12,16-18H,5,7,10-11H2,1H3. The molecular weight excluding hydrogens is 250 g/mol. The quantitative estimate of drug-likeness (QED) is 0.927. The smallest absolute Gasteiger partial charge is 0.0938 e. The van der Waals surface area contributed by atoms with Crippen molar-refractivity contribution in [1.29, 1.82) is 0 Å². The molecule has 0 spiro atoms. The monoisotopic (exact) mass is 271 g/mol. The van der Waals surface area contributed by atoms with E-state index < -0.39 is 0 Å². The van der Waals surface area contributed by atoms with E-state index in [1.807, 2.05) is 6.26 Å². The first kappa shape index (κ1) is 13.4. The van der Waals surface area contributed by atoms with Crippen LogP contribution in [0.4, 0.5) is 0 Å². The summed E-state index contributed by atoms with van der Waals surface area (Å²) in [6, 6.07) is 10.6. The van der Waals surface area contributed by atoms with Crippen molar-refractivity contribution in [3.8, 4) is 0 Å². The van der Waals surface area contributed by atoms with Crippen molar-refractivity contribution in [2.24, 2.45) is 0 Å². The maximum absolute atomic E-state index is 6.16. The van der Waals surface area contributed by atoms with Crippen LogP contribution in [0.1, 0.15) is 29.0 Å². The number of hydrogen-bond donors (Lipinski definition) is 1. The molecule has 3 nitrogen and oxygen atoms in total. The number of piperidine rings is 1. The lowest BCUT2D eigenvalue weighted by molar-refractivity contribution is 0.0105. The van der Waals surface area contributed by atoms with Gasteiger partial charge in [0.25, 0.3) is 0 Å². The molecule has 1 aromatic carbocycles. The van der Waals surface area contributed by atoms with Gasteiger partial charge in [-0.2, -0.15) is 0 Å². The van der Waals surface area contributed by atoms with Gasteiger partial charge in [0, 0.05) is 12.5 Å². The highest BCUT2D eigenvalue weighted by atomic mass is 16.5. The number of rotatable bonds is 4. The topological polar surface area (TPSA) is 34.4 Å². The number of benzene rings is 1. The lowest BCUT2D eigenvalue weighted by Gasteiger charge is -2.31. The van der Waals surface area contributed by atoms with Crippen LogP contribution in [0.15, 0.2) is 47.3 Å². The van der Waals surface area contributed by atoms with Crippen molar-refractivity contribution in [3.05, 3.63) is 59.5 Å². The van der Waals surface area contributed by atoms with Gasteiger partial charge in [0.05, 0.1) is 25.2 Å². The molecule has 2 atom stereocenters. The number of furan rings is 1. The van der Waals surface area contributed by atoms with Gasteiger partial charge in [-0.3, -0.25) is 0 Å². The third-order valence-corrected chi connectivity index (χ3v) is 3.94. The fourth-order valence-electron chi connectivity index (χ4n) is 2.88. The molecule has 0 radical (unpaired) electrons. The molecule has 0 bridgehead atoms. The Labute approximate surface area is 119 Å². The summed E-state index contributed by atoms with van der Waals surface area (Å²) >= 11 is 0. The van der Waals surface area contributed by atoms with Crippen molar-refractivity contribution in [2.75, 3.05) is 13.1 Å². The zero-order valence-electron chi connectivity index (χ0n) is 11.8. The van der Waals surface area contributed by atoms with E-state index in [-0.39, 0.29) is 6.10 Å². The number of hydrogen-bond acceptors (Lipinski definition) is 3. The molecule has 1 saturated heterocycles. The van der Waals surface area contributed by atoms with E-state index in [2.05, 4.69) is 42.6 Å². The van der Waals surface area contributed by atoms with Crippen LogP contribution < -0.4 is 5.32 Å². The van der Waals surface area contributed by atoms with Gasteiger partial charge in [0.2, 0.25) is 0 Å². The molecule has 1 aliphatic heterocycles. The highest BCUT2D eigenvalue weighted by Crippen LogP contribution is 2.28. The van der Waals surface area contributed by atoms with Gasteiger partial charge in [-0.1, -0.05) is 29.8 Å². The van der Waals surface area contributed by atoms with Crippen molar-refractivity contribution >= 4 is 0 Å². The van der Waals surface area contributed by atoms with Gasteiger partial charge in [0.15, 0.2) is 0 Å². The maximum Gasteiger partial charge on any atom is 0.0938 e. The Kier molecular flexibility index (Phi) is 4.19.